The van der Waals surface area contributed by atoms with Crippen molar-refractivity contribution in [3.8, 4) is 5.75 Å². The summed E-state index contributed by atoms with van der Waals surface area (Å²) in [6.07, 6.45) is 0. The quantitative estimate of drug-likeness (QED) is 0.862. The summed E-state index contributed by atoms with van der Waals surface area (Å²) in [4.78, 5) is 11.0. The summed E-state index contributed by atoms with van der Waals surface area (Å²) >= 11 is 5.73. The molecule has 7 heteroatoms. The van der Waals surface area contributed by atoms with Crippen molar-refractivity contribution in [1.29, 1.82) is 0 Å². The Morgan fingerprint density at radius 3 is 2.05 bits per heavy atom. The summed E-state index contributed by atoms with van der Waals surface area (Å²) in [5.74, 6) is -0.960. The molecule has 2 rings (SSSR count). The summed E-state index contributed by atoms with van der Waals surface area (Å²) in [6.45, 7) is 3.18. The monoisotopic (exact) mass is 340 g/mol. The second kappa shape index (κ2) is 5.98. The molecule has 0 heterocycles. The van der Waals surface area contributed by atoms with E-state index in [1.54, 1.807) is 13.8 Å². The van der Waals surface area contributed by atoms with E-state index in [1.807, 2.05) is 0 Å². The molecule has 116 valence electrons. The lowest BCUT2D eigenvalue weighted by molar-refractivity contribution is 0.0696. The van der Waals surface area contributed by atoms with E-state index in [0.29, 0.717) is 16.1 Å². The van der Waals surface area contributed by atoms with Crippen LogP contribution < -0.4 is 4.18 Å². The van der Waals surface area contributed by atoms with Crippen LogP contribution in [0.4, 0.5) is 0 Å². The van der Waals surface area contributed by atoms with Crippen LogP contribution in [-0.2, 0) is 10.1 Å². The molecule has 1 N–H and O–H groups in total. The molecule has 0 unspecified atom stereocenters. The van der Waals surface area contributed by atoms with E-state index in [0.717, 1.165) is 0 Å². The van der Waals surface area contributed by atoms with Gasteiger partial charge >= 0.3 is 16.1 Å². The number of benzene rings is 2. The van der Waals surface area contributed by atoms with Crippen LogP contribution >= 0.6 is 11.6 Å². The normalized spacial score (nSPS) is 11.2. The van der Waals surface area contributed by atoms with Gasteiger partial charge in [0.25, 0.3) is 0 Å². The number of carboxylic acid groups (broad SMARTS) is 1. The van der Waals surface area contributed by atoms with E-state index in [-0.39, 0.29) is 16.2 Å². The average molecular weight is 341 g/mol. The molecule has 0 aliphatic heterocycles. The highest BCUT2D eigenvalue weighted by atomic mass is 35.5. The number of aromatic carboxylic acids is 1. The molecule has 5 nitrogen and oxygen atoms in total. The average Bonchev–Trinajstić information content (AvgIpc) is 2.43. The molecule has 0 bridgehead atoms. The van der Waals surface area contributed by atoms with Crippen molar-refractivity contribution in [2.24, 2.45) is 0 Å². The van der Waals surface area contributed by atoms with Crippen LogP contribution in [-0.4, -0.2) is 19.5 Å². The van der Waals surface area contributed by atoms with Crippen LogP contribution in [0.5, 0.6) is 5.75 Å². The number of aryl methyl sites for hydroxylation is 2. The maximum Gasteiger partial charge on any atom is 0.339 e. The van der Waals surface area contributed by atoms with Gasteiger partial charge < -0.3 is 9.29 Å². The van der Waals surface area contributed by atoms with Crippen LogP contribution in [0.2, 0.25) is 5.02 Å². The molecule has 2 aromatic carbocycles. The van der Waals surface area contributed by atoms with Gasteiger partial charge in [0.2, 0.25) is 0 Å². The minimum absolute atomic E-state index is 0.0296. The third kappa shape index (κ3) is 3.40. The first-order chi connectivity index (χ1) is 10.2. The predicted molar refractivity (Wildman–Crippen MR) is 82.1 cm³/mol. The third-order valence-corrected chi connectivity index (χ3v) is 4.49. The van der Waals surface area contributed by atoms with Gasteiger partial charge in [-0.3, -0.25) is 0 Å². The Morgan fingerprint density at radius 1 is 1.09 bits per heavy atom. The molecule has 0 aliphatic rings. The number of rotatable bonds is 4. The molecule has 22 heavy (non-hydrogen) atoms. The van der Waals surface area contributed by atoms with Crippen molar-refractivity contribution >= 4 is 27.7 Å². The summed E-state index contributed by atoms with van der Waals surface area (Å²) in [7, 11) is -4.01. The molecule has 0 spiro atoms. The van der Waals surface area contributed by atoms with Gasteiger partial charge in [-0.25, -0.2) is 4.79 Å². The Bertz CT molecular complexity index is 803. The maximum absolute atomic E-state index is 12.3. The number of halogens is 1. The standard InChI is InChI=1S/C15H13ClO5S/c1-9-7-11(15(17)18)8-10(2)14(9)21-22(19,20)13-5-3-12(16)4-6-13/h3-8H,1-2H3,(H,17,18). The largest absolute Gasteiger partial charge is 0.478 e. The number of carboxylic acids is 1. The Morgan fingerprint density at radius 2 is 1.59 bits per heavy atom. The Balaban J connectivity index is 2.42. The Hall–Kier alpha value is -2.05. The molecule has 0 fully saturated rings. The summed E-state index contributed by atoms with van der Waals surface area (Å²) in [5, 5.41) is 9.40. The van der Waals surface area contributed by atoms with Crippen molar-refractivity contribution in [2.45, 2.75) is 18.7 Å². The zero-order valence-corrected chi connectivity index (χ0v) is 13.4. The lowest BCUT2D eigenvalue weighted by Crippen LogP contribution is -2.12. The fourth-order valence-electron chi connectivity index (χ4n) is 1.96. The third-order valence-electron chi connectivity index (χ3n) is 3.00. The molecule has 2 aromatic rings. The minimum Gasteiger partial charge on any atom is -0.478 e. The van der Waals surface area contributed by atoms with E-state index in [9.17, 15) is 13.2 Å². The van der Waals surface area contributed by atoms with Gasteiger partial charge in [0, 0.05) is 5.02 Å². The molecule has 0 aliphatic carbocycles. The second-order valence-electron chi connectivity index (χ2n) is 4.74. The van der Waals surface area contributed by atoms with E-state index in [2.05, 4.69) is 0 Å². The SMILES string of the molecule is Cc1cc(C(=O)O)cc(C)c1OS(=O)(=O)c1ccc(Cl)cc1. The van der Waals surface area contributed by atoms with Crippen molar-refractivity contribution in [2.75, 3.05) is 0 Å². The Labute approximate surface area is 133 Å². The van der Waals surface area contributed by atoms with Crippen LogP contribution in [0.1, 0.15) is 21.5 Å². The molecule has 0 atom stereocenters. The summed E-state index contributed by atoms with van der Waals surface area (Å²) in [6, 6.07) is 8.31. The van der Waals surface area contributed by atoms with Gasteiger partial charge in [0.1, 0.15) is 10.6 Å². The summed E-state index contributed by atoms with van der Waals surface area (Å²) < 4.78 is 29.7. The van der Waals surface area contributed by atoms with Crippen LogP contribution in [0.25, 0.3) is 0 Å². The van der Waals surface area contributed by atoms with Crippen molar-refractivity contribution in [1.82, 2.24) is 0 Å². The molecule has 0 aromatic heterocycles. The highest BCUT2D eigenvalue weighted by molar-refractivity contribution is 7.87. The zero-order chi connectivity index (χ0) is 16.5. The van der Waals surface area contributed by atoms with Crippen LogP contribution in [0, 0.1) is 13.8 Å². The van der Waals surface area contributed by atoms with Gasteiger partial charge in [-0.1, -0.05) is 11.6 Å². The predicted octanol–water partition coefficient (Wildman–Crippen LogP) is 3.42. The van der Waals surface area contributed by atoms with E-state index in [4.69, 9.17) is 20.9 Å². The lowest BCUT2D eigenvalue weighted by Gasteiger charge is -2.13. The van der Waals surface area contributed by atoms with Gasteiger partial charge in [-0.05, 0) is 61.4 Å². The molecular weight excluding hydrogens is 328 g/mol. The topological polar surface area (TPSA) is 80.7 Å². The minimum atomic E-state index is -4.01. The molecule has 0 radical (unpaired) electrons. The fourth-order valence-corrected chi connectivity index (χ4v) is 3.14. The van der Waals surface area contributed by atoms with Crippen molar-refractivity contribution in [3.05, 3.63) is 58.1 Å². The zero-order valence-electron chi connectivity index (χ0n) is 11.8. The molecule has 0 amide bonds. The van der Waals surface area contributed by atoms with E-state index < -0.39 is 16.1 Å². The smallest absolute Gasteiger partial charge is 0.339 e. The van der Waals surface area contributed by atoms with Gasteiger partial charge in [0.15, 0.2) is 0 Å². The van der Waals surface area contributed by atoms with Gasteiger partial charge in [-0.15, -0.1) is 0 Å². The Kier molecular flexibility index (Phi) is 4.44. The number of hydrogen-bond donors (Lipinski definition) is 1. The number of carbonyl (C=O) groups is 1. The molecular formula is C15H13ClO5S. The first-order valence-electron chi connectivity index (χ1n) is 6.25. The lowest BCUT2D eigenvalue weighted by atomic mass is 10.1. The maximum atomic E-state index is 12.3. The van der Waals surface area contributed by atoms with E-state index in [1.165, 1.54) is 36.4 Å². The highest BCUT2D eigenvalue weighted by Crippen LogP contribution is 2.28. The first-order valence-corrected chi connectivity index (χ1v) is 8.04. The van der Waals surface area contributed by atoms with Crippen molar-refractivity contribution < 1.29 is 22.5 Å². The fraction of sp³-hybridized carbons (Fsp3) is 0.133. The van der Waals surface area contributed by atoms with Crippen LogP contribution in [0.15, 0.2) is 41.3 Å². The molecule has 0 saturated carbocycles. The number of hydrogen-bond acceptors (Lipinski definition) is 4. The van der Waals surface area contributed by atoms with Gasteiger partial charge in [0.05, 0.1) is 5.56 Å². The van der Waals surface area contributed by atoms with Gasteiger partial charge in [-0.2, -0.15) is 8.42 Å². The second-order valence-corrected chi connectivity index (χ2v) is 6.72. The van der Waals surface area contributed by atoms with Crippen molar-refractivity contribution in [3.63, 3.8) is 0 Å². The first kappa shape index (κ1) is 16.3. The van der Waals surface area contributed by atoms with E-state index >= 15 is 0 Å². The molecule has 0 saturated heterocycles. The highest BCUT2D eigenvalue weighted by Gasteiger charge is 2.20. The van der Waals surface area contributed by atoms with Crippen LogP contribution in [0.3, 0.4) is 0 Å². The summed E-state index contributed by atoms with van der Waals surface area (Å²) in [5.41, 5.74) is 0.927.